The third kappa shape index (κ3) is 3.29. The SMILES string of the molecule is COc1ccccc1CNC(=O)C1CN(S(C)(=O)=O)C1. The maximum absolute atomic E-state index is 11.9. The molecule has 0 bridgehead atoms. The molecule has 110 valence electrons. The molecule has 1 N–H and O–H groups in total. The van der Waals surface area contributed by atoms with Gasteiger partial charge < -0.3 is 10.1 Å². The molecule has 6 nitrogen and oxygen atoms in total. The molecule has 7 heteroatoms. The van der Waals surface area contributed by atoms with Crippen LogP contribution in [0.1, 0.15) is 5.56 Å². The highest BCUT2D eigenvalue weighted by Crippen LogP contribution is 2.20. The largest absolute Gasteiger partial charge is 0.496 e. The van der Waals surface area contributed by atoms with E-state index in [1.807, 2.05) is 24.3 Å². The minimum absolute atomic E-state index is 0.129. The van der Waals surface area contributed by atoms with Crippen molar-refractivity contribution in [3.05, 3.63) is 29.8 Å². The van der Waals surface area contributed by atoms with Gasteiger partial charge >= 0.3 is 0 Å². The van der Waals surface area contributed by atoms with Crippen molar-refractivity contribution in [2.75, 3.05) is 26.5 Å². The number of carbonyl (C=O) groups is 1. The van der Waals surface area contributed by atoms with Crippen LogP contribution in [0, 0.1) is 5.92 Å². The van der Waals surface area contributed by atoms with E-state index in [9.17, 15) is 13.2 Å². The maximum Gasteiger partial charge on any atom is 0.226 e. The molecule has 0 aromatic heterocycles. The Morgan fingerprint density at radius 3 is 2.65 bits per heavy atom. The summed E-state index contributed by atoms with van der Waals surface area (Å²) in [5.41, 5.74) is 0.891. The summed E-state index contributed by atoms with van der Waals surface area (Å²) in [7, 11) is -1.60. The Morgan fingerprint density at radius 2 is 2.05 bits per heavy atom. The molecule has 1 amide bonds. The van der Waals surface area contributed by atoms with E-state index < -0.39 is 10.0 Å². The van der Waals surface area contributed by atoms with Crippen LogP contribution in [0.2, 0.25) is 0 Å². The summed E-state index contributed by atoms with van der Waals surface area (Å²) in [5.74, 6) is 0.328. The van der Waals surface area contributed by atoms with Crippen molar-refractivity contribution < 1.29 is 17.9 Å². The summed E-state index contributed by atoms with van der Waals surface area (Å²) < 4.78 is 28.9. The number of amides is 1. The molecule has 0 atom stereocenters. The fourth-order valence-electron chi connectivity index (χ4n) is 2.05. The fourth-order valence-corrected chi connectivity index (χ4v) is 2.95. The van der Waals surface area contributed by atoms with Crippen LogP contribution in [0.4, 0.5) is 0 Å². The van der Waals surface area contributed by atoms with Crippen LogP contribution in [-0.2, 0) is 21.4 Å². The summed E-state index contributed by atoms with van der Waals surface area (Å²) in [4.78, 5) is 11.9. The summed E-state index contributed by atoms with van der Waals surface area (Å²) in [6, 6.07) is 7.44. The van der Waals surface area contributed by atoms with Crippen molar-refractivity contribution in [3.8, 4) is 5.75 Å². The highest BCUT2D eigenvalue weighted by molar-refractivity contribution is 7.88. The minimum Gasteiger partial charge on any atom is -0.496 e. The second-order valence-corrected chi connectivity index (χ2v) is 6.79. The molecule has 1 aliphatic rings. The zero-order valence-corrected chi connectivity index (χ0v) is 12.3. The predicted molar refractivity (Wildman–Crippen MR) is 74.7 cm³/mol. The van der Waals surface area contributed by atoms with Gasteiger partial charge in [0.15, 0.2) is 0 Å². The number of hydrogen-bond acceptors (Lipinski definition) is 4. The number of carbonyl (C=O) groups excluding carboxylic acids is 1. The number of sulfonamides is 1. The molecule has 1 aliphatic heterocycles. The first-order valence-electron chi connectivity index (χ1n) is 6.26. The van der Waals surface area contributed by atoms with E-state index in [0.29, 0.717) is 6.54 Å². The second-order valence-electron chi connectivity index (χ2n) is 4.81. The van der Waals surface area contributed by atoms with Crippen LogP contribution in [0.15, 0.2) is 24.3 Å². The van der Waals surface area contributed by atoms with E-state index in [0.717, 1.165) is 17.6 Å². The molecule has 0 unspecified atom stereocenters. The van der Waals surface area contributed by atoms with Gasteiger partial charge in [0.2, 0.25) is 15.9 Å². The topological polar surface area (TPSA) is 75.7 Å². The lowest BCUT2D eigenvalue weighted by molar-refractivity contribution is -0.128. The molecule has 2 rings (SSSR count). The van der Waals surface area contributed by atoms with Gasteiger partial charge in [-0.3, -0.25) is 4.79 Å². The zero-order valence-electron chi connectivity index (χ0n) is 11.5. The van der Waals surface area contributed by atoms with Gasteiger partial charge in [-0.2, -0.15) is 0 Å². The van der Waals surface area contributed by atoms with Gasteiger partial charge in [0, 0.05) is 25.2 Å². The lowest BCUT2D eigenvalue weighted by atomic mass is 10.0. The van der Waals surface area contributed by atoms with Gasteiger partial charge in [-0.15, -0.1) is 0 Å². The first-order valence-corrected chi connectivity index (χ1v) is 8.11. The van der Waals surface area contributed by atoms with E-state index in [1.54, 1.807) is 7.11 Å². The van der Waals surface area contributed by atoms with Crippen LogP contribution in [0.5, 0.6) is 5.75 Å². The van der Waals surface area contributed by atoms with Crippen molar-refractivity contribution in [2.24, 2.45) is 5.92 Å². The Hall–Kier alpha value is -1.60. The Balaban J connectivity index is 1.85. The Kier molecular flexibility index (Phi) is 4.29. The second kappa shape index (κ2) is 5.80. The number of methoxy groups -OCH3 is 1. The quantitative estimate of drug-likeness (QED) is 0.843. The smallest absolute Gasteiger partial charge is 0.226 e. The summed E-state index contributed by atoms with van der Waals surface area (Å²) in [6.45, 7) is 0.894. The van der Waals surface area contributed by atoms with Crippen molar-refractivity contribution in [3.63, 3.8) is 0 Å². The van der Waals surface area contributed by atoms with Gasteiger partial charge in [0.1, 0.15) is 5.75 Å². The molecule has 20 heavy (non-hydrogen) atoms. The first-order chi connectivity index (χ1) is 9.41. The van der Waals surface area contributed by atoms with Crippen molar-refractivity contribution in [1.29, 1.82) is 0 Å². The Labute approximate surface area is 118 Å². The third-order valence-corrected chi connectivity index (χ3v) is 4.57. The standard InChI is InChI=1S/C13H18N2O4S/c1-19-12-6-4-3-5-10(12)7-14-13(16)11-8-15(9-11)20(2,17)18/h3-6,11H,7-9H2,1-2H3,(H,14,16). The predicted octanol–water partition coefficient (Wildman–Crippen LogP) is 0.203. The highest BCUT2D eigenvalue weighted by atomic mass is 32.2. The number of nitrogens with zero attached hydrogens (tertiary/aromatic N) is 1. The minimum atomic E-state index is -3.18. The molecular weight excluding hydrogens is 280 g/mol. The molecule has 1 saturated heterocycles. The van der Waals surface area contributed by atoms with Crippen molar-refractivity contribution in [1.82, 2.24) is 9.62 Å². The molecule has 0 saturated carbocycles. The average molecular weight is 298 g/mol. The number of hydrogen-bond donors (Lipinski definition) is 1. The molecule has 0 radical (unpaired) electrons. The van der Waals surface area contributed by atoms with E-state index in [-0.39, 0.29) is 24.9 Å². The van der Waals surface area contributed by atoms with Crippen LogP contribution in [0.3, 0.4) is 0 Å². The first kappa shape index (κ1) is 14.8. The molecule has 1 aromatic rings. The van der Waals surface area contributed by atoms with Crippen LogP contribution in [0.25, 0.3) is 0 Å². The van der Waals surface area contributed by atoms with Crippen LogP contribution < -0.4 is 10.1 Å². The summed E-state index contributed by atoms with van der Waals surface area (Å²) in [6.07, 6.45) is 1.15. The van der Waals surface area contributed by atoms with E-state index >= 15 is 0 Å². The normalized spacial score (nSPS) is 16.5. The van der Waals surface area contributed by atoms with Crippen molar-refractivity contribution >= 4 is 15.9 Å². The van der Waals surface area contributed by atoms with E-state index in [4.69, 9.17) is 4.74 Å². The molecule has 1 aromatic carbocycles. The van der Waals surface area contributed by atoms with E-state index in [1.165, 1.54) is 4.31 Å². The van der Waals surface area contributed by atoms with Gasteiger partial charge in [0.05, 0.1) is 19.3 Å². The van der Waals surface area contributed by atoms with Gasteiger partial charge in [0.25, 0.3) is 0 Å². The molecule has 1 fully saturated rings. The van der Waals surface area contributed by atoms with Gasteiger partial charge in [-0.25, -0.2) is 12.7 Å². The van der Waals surface area contributed by atoms with Crippen LogP contribution >= 0.6 is 0 Å². The maximum atomic E-state index is 11.9. The van der Waals surface area contributed by atoms with Gasteiger partial charge in [-0.1, -0.05) is 18.2 Å². The van der Waals surface area contributed by atoms with Gasteiger partial charge in [-0.05, 0) is 6.07 Å². The number of rotatable bonds is 5. The average Bonchev–Trinajstić information content (AvgIpc) is 2.33. The highest BCUT2D eigenvalue weighted by Gasteiger charge is 2.37. The van der Waals surface area contributed by atoms with E-state index in [2.05, 4.69) is 5.32 Å². The number of ether oxygens (including phenoxy) is 1. The molecule has 1 heterocycles. The molecular formula is C13H18N2O4S. The third-order valence-electron chi connectivity index (χ3n) is 3.33. The number of nitrogens with one attached hydrogen (secondary N) is 1. The summed E-state index contributed by atoms with van der Waals surface area (Å²) >= 11 is 0. The van der Waals surface area contributed by atoms with Crippen molar-refractivity contribution in [2.45, 2.75) is 6.54 Å². The zero-order chi connectivity index (χ0) is 14.8. The number of benzene rings is 1. The monoisotopic (exact) mass is 298 g/mol. The fraction of sp³-hybridized carbons (Fsp3) is 0.462. The Morgan fingerprint density at radius 1 is 1.40 bits per heavy atom. The lowest BCUT2D eigenvalue weighted by Crippen LogP contribution is -2.55. The molecule has 0 spiro atoms. The summed E-state index contributed by atoms with van der Waals surface area (Å²) in [5, 5.41) is 2.81. The Bertz CT molecular complexity index is 594. The number of para-hydroxylation sites is 1. The molecule has 0 aliphatic carbocycles. The van der Waals surface area contributed by atoms with Crippen LogP contribution in [-0.4, -0.2) is 45.1 Å². The lowest BCUT2D eigenvalue weighted by Gasteiger charge is -2.35.